The lowest BCUT2D eigenvalue weighted by Gasteiger charge is -2.31. The number of methoxy groups -OCH3 is 1. The summed E-state index contributed by atoms with van der Waals surface area (Å²) in [5.74, 6) is -11.7. The third-order valence-electron chi connectivity index (χ3n) is 3.06. The van der Waals surface area contributed by atoms with E-state index in [-0.39, 0.29) is 5.56 Å². The minimum Gasteiger partial charge on any atom is -0.497 e. The lowest BCUT2D eigenvalue weighted by molar-refractivity contribution is -0.367. The first-order valence-electron chi connectivity index (χ1n) is 6.17. The molecule has 1 unspecified atom stereocenters. The molecule has 0 spiro atoms. The van der Waals surface area contributed by atoms with Crippen molar-refractivity contribution in [3.05, 3.63) is 35.4 Å². The largest absolute Gasteiger partial charge is 0.497 e. The molecule has 2 nitrogen and oxygen atoms in total. The summed E-state index contributed by atoms with van der Waals surface area (Å²) in [4.78, 5) is 0. The number of alkyl halides is 7. The van der Waals surface area contributed by atoms with E-state index < -0.39 is 29.7 Å². The quantitative estimate of drug-likeness (QED) is 0.806. The second kappa shape index (κ2) is 6.38. The van der Waals surface area contributed by atoms with E-state index in [9.17, 15) is 35.8 Å². The Morgan fingerprint density at radius 2 is 1.52 bits per heavy atom. The van der Waals surface area contributed by atoms with E-state index in [0.717, 1.165) is 13.0 Å². The molecule has 1 aromatic carbocycles. The van der Waals surface area contributed by atoms with Crippen molar-refractivity contribution in [1.82, 2.24) is 0 Å². The fourth-order valence-electron chi connectivity index (χ4n) is 1.69. The van der Waals surface area contributed by atoms with Crippen molar-refractivity contribution in [3.8, 4) is 5.75 Å². The second-order valence-corrected chi connectivity index (χ2v) is 4.76. The highest BCUT2D eigenvalue weighted by molar-refractivity contribution is 5.54. The molecule has 0 saturated carbocycles. The lowest BCUT2D eigenvalue weighted by atomic mass is 9.97. The van der Waals surface area contributed by atoms with Gasteiger partial charge < -0.3 is 9.84 Å². The van der Waals surface area contributed by atoms with Crippen molar-refractivity contribution in [2.24, 2.45) is 0 Å². The molecule has 0 fully saturated rings. The van der Waals surface area contributed by atoms with Crippen LogP contribution < -0.4 is 4.74 Å². The van der Waals surface area contributed by atoms with Crippen LogP contribution in [0.3, 0.4) is 0 Å². The fourth-order valence-corrected chi connectivity index (χ4v) is 1.69. The summed E-state index contributed by atoms with van der Waals surface area (Å²) in [6, 6.07) is 5.56. The van der Waals surface area contributed by atoms with Gasteiger partial charge in [-0.05, 0) is 30.2 Å². The molecule has 0 heterocycles. The SMILES string of the molecule is COc1ccc(/C=C(\C)C(O)C(F)(F)C(F)(F)C(F)(F)F)cc1. The van der Waals surface area contributed by atoms with E-state index in [4.69, 9.17) is 4.74 Å². The van der Waals surface area contributed by atoms with Gasteiger partial charge in [0.2, 0.25) is 0 Å². The minimum atomic E-state index is -6.49. The average Bonchev–Trinajstić information content (AvgIpc) is 2.45. The molecule has 0 radical (unpaired) electrons. The normalized spacial score (nSPS) is 15.5. The first-order valence-corrected chi connectivity index (χ1v) is 6.17. The van der Waals surface area contributed by atoms with Gasteiger partial charge >= 0.3 is 18.0 Å². The molecule has 0 amide bonds. The van der Waals surface area contributed by atoms with Crippen LogP contribution in [0.25, 0.3) is 6.08 Å². The first-order chi connectivity index (χ1) is 10.3. The molecule has 0 saturated heterocycles. The highest BCUT2D eigenvalue weighted by Crippen LogP contribution is 2.49. The van der Waals surface area contributed by atoms with E-state index in [1.807, 2.05) is 0 Å². The third-order valence-corrected chi connectivity index (χ3v) is 3.06. The third kappa shape index (κ3) is 3.77. The van der Waals surface area contributed by atoms with Gasteiger partial charge in [-0.15, -0.1) is 0 Å². The van der Waals surface area contributed by atoms with Crippen LogP contribution in [0, 0.1) is 0 Å². The van der Waals surface area contributed by atoms with Gasteiger partial charge in [0.15, 0.2) is 0 Å². The van der Waals surface area contributed by atoms with E-state index in [1.165, 1.54) is 31.4 Å². The Morgan fingerprint density at radius 3 is 1.91 bits per heavy atom. The summed E-state index contributed by atoms with van der Waals surface area (Å²) < 4.78 is 93.6. The highest BCUT2D eigenvalue weighted by Gasteiger charge is 2.75. The van der Waals surface area contributed by atoms with Gasteiger partial charge in [-0.25, -0.2) is 0 Å². The number of aliphatic hydroxyl groups excluding tert-OH is 1. The summed E-state index contributed by atoms with van der Waals surface area (Å²) in [5.41, 5.74) is -0.530. The van der Waals surface area contributed by atoms with Crippen LogP contribution in [0.2, 0.25) is 0 Å². The second-order valence-electron chi connectivity index (χ2n) is 4.76. The maximum Gasteiger partial charge on any atom is 0.459 e. The summed E-state index contributed by atoms with van der Waals surface area (Å²) >= 11 is 0. The summed E-state index contributed by atoms with van der Waals surface area (Å²) in [7, 11) is 1.37. The fraction of sp³-hybridized carbons (Fsp3) is 0.429. The summed E-state index contributed by atoms with van der Waals surface area (Å²) in [6.45, 7) is 0.829. The van der Waals surface area contributed by atoms with Crippen molar-refractivity contribution in [3.63, 3.8) is 0 Å². The van der Waals surface area contributed by atoms with Crippen LogP contribution in [0.4, 0.5) is 30.7 Å². The summed E-state index contributed by atoms with van der Waals surface area (Å²) in [5, 5.41) is 9.28. The maximum atomic E-state index is 13.4. The van der Waals surface area contributed by atoms with Gasteiger partial charge in [0.25, 0.3) is 0 Å². The molecule has 0 aliphatic heterocycles. The summed E-state index contributed by atoms with van der Waals surface area (Å²) in [6.07, 6.45) is -8.91. The molecular formula is C14H13F7O2. The molecule has 9 heteroatoms. The zero-order valence-electron chi connectivity index (χ0n) is 12.0. The van der Waals surface area contributed by atoms with E-state index in [2.05, 4.69) is 0 Å². The molecule has 130 valence electrons. The first kappa shape index (κ1) is 19.3. The monoisotopic (exact) mass is 346 g/mol. The molecule has 1 rings (SSSR count). The molecule has 0 aliphatic rings. The molecule has 0 aromatic heterocycles. The van der Waals surface area contributed by atoms with Crippen molar-refractivity contribution < 1.29 is 40.6 Å². The van der Waals surface area contributed by atoms with Crippen LogP contribution >= 0.6 is 0 Å². The standard InChI is InChI=1S/C14H13F7O2/c1-8(7-9-3-5-10(23-2)6-4-9)11(22)12(15,16)13(17,18)14(19,20)21/h3-7,11,22H,1-2H3/b8-7+. The number of rotatable bonds is 5. The van der Waals surface area contributed by atoms with Gasteiger partial charge in [-0.2, -0.15) is 30.7 Å². The Hall–Kier alpha value is -1.77. The zero-order chi connectivity index (χ0) is 18.1. The number of ether oxygens (including phenoxy) is 1. The Bertz CT molecular complexity index is 561. The molecule has 1 N–H and O–H groups in total. The smallest absolute Gasteiger partial charge is 0.459 e. The van der Waals surface area contributed by atoms with Gasteiger partial charge in [-0.1, -0.05) is 18.2 Å². The Kier molecular flexibility index (Phi) is 5.35. The maximum absolute atomic E-state index is 13.4. The molecule has 1 atom stereocenters. The van der Waals surface area contributed by atoms with Crippen molar-refractivity contribution in [1.29, 1.82) is 0 Å². The average molecular weight is 346 g/mol. The van der Waals surface area contributed by atoms with Crippen molar-refractivity contribution >= 4 is 6.08 Å². The van der Waals surface area contributed by atoms with Crippen LogP contribution in [0.15, 0.2) is 29.8 Å². The van der Waals surface area contributed by atoms with E-state index in [0.29, 0.717) is 5.75 Å². The van der Waals surface area contributed by atoms with E-state index in [1.54, 1.807) is 0 Å². The predicted molar refractivity (Wildman–Crippen MR) is 68.6 cm³/mol. The number of hydrogen-bond donors (Lipinski definition) is 1. The Morgan fingerprint density at radius 1 is 1.04 bits per heavy atom. The predicted octanol–water partition coefficient (Wildman–Crippen LogP) is 4.29. The molecular weight excluding hydrogens is 333 g/mol. The number of halogens is 7. The number of aliphatic hydroxyl groups is 1. The Labute approximate surface area is 127 Å². The Balaban J connectivity index is 3.10. The topological polar surface area (TPSA) is 29.5 Å². The lowest BCUT2D eigenvalue weighted by Crippen LogP contribution is -2.58. The van der Waals surface area contributed by atoms with Gasteiger partial charge in [-0.3, -0.25) is 0 Å². The van der Waals surface area contributed by atoms with Crippen LogP contribution in [-0.4, -0.2) is 36.3 Å². The zero-order valence-corrected chi connectivity index (χ0v) is 12.0. The molecule has 23 heavy (non-hydrogen) atoms. The number of benzene rings is 1. The minimum absolute atomic E-state index is 0.216. The molecule has 1 aromatic rings. The van der Waals surface area contributed by atoms with Gasteiger partial charge in [0.1, 0.15) is 11.9 Å². The molecule has 0 aliphatic carbocycles. The molecule has 0 bridgehead atoms. The van der Waals surface area contributed by atoms with Gasteiger partial charge in [0.05, 0.1) is 7.11 Å². The van der Waals surface area contributed by atoms with Crippen molar-refractivity contribution in [2.75, 3.05) is 7.11 Å². The van der Waals surface area contributed by atoms with Crippen LogP contribution in [0.1, 0.15) is 12.5 Å². The highest BCUT2D eigenvalue weighted by atomic mass is 19.4. The van der Waals surface area contributed by atoms with Crippen LogP contribution in [-0.2, 0) is 0 Å². The van der Waals surface area contributed by atoms with E-state index >= 15 is 0 Å². The van der Waals surface area contributed by atoms with Gasteiger partial charge in [0, 0.05) is 0 Å². The number of hydrogen-bond acceptors (Lipinski definition) is 2. The van der Waals surface area contributed by atoms with Crippen molar-refractivity contribution in [2.45, 2.75) is 31.0 Å². The van der Waals surface area contributed by atoms with Crippen LogP contribution in [0.5, 0.6) is 5.75 Å².